The number of hydrogen-bond acceptors (Lipinski definition) is 3. The number of rotatable bonds is 2. The van der Waals surface area contributed by atoms with Crippen molar-refractivity contribution in [3.8, 4) is 5.75 Å². The number of ether oxygens (including phenoxy) is 1. The summed E-state index contributed by atoms with van der Waals surface area (Å²) in [5, 5.41) is 4.15. The van der Waals surface area contributed by atoms with Gasteiger partial charge in [-0.3, -0.25) is 4.68 Å². The molecule has 0 atom stereocenters. The van der Waals surface area contributed by atoms with Crippen molar-refractivity contribution in [1.29, 1.82) is 0 Å². The lowest BCUT2D eigenvalue weighted by Gasteiger charge is -2.06. The third-order valence-electron chi connectivity index (χ3n) is 3.22. The lowest BCUT2D eigenvalue weighted by atomic mass is 10.0. The Labute approximate surface area is 100 Å². The van der Waals surface area contributed by atoms with E-state index in [1.54, 1.807) is 6.20 Å². The lowest BCUT2D eigenvalue weighted by Crippen LogP contribution is -2.02. The van der Waals surface area contributed by atoms with Crippen molar-refractivity contribution in [3.05, 3.63) is 41.2 Å². The minimum atomic E-state index is 0.754. The van der Waals surface area contributed by atoms with Crippen molar-refractivity contribution in [2.75, 3.05) is 12.3 Å². The summed E-state index contributed by atoms with van der Waals surface area (Å²) in [6.45, 7) is 0.798. The molecule has 3 rings (SSSR count). The molecule has 17 heavy (non-hydrogen) atoms. The molecule has 4 heteroatoms. The normalized spacial score (nSPS) is 13.5. The van der Waals surface area contributed by atoms with Crippen LogP contribution >= 0.6 is 0 Å². The van der Waals surface area contributed by atoms with Gasteiger partial charge in [0.25, 0.3) is 0 Å². The minimum absolute atomic E-state index is 0.754. The minimum Gasteiger partial charge on any atom is -0.493 e. The molecule has 0 spiro atoms. The van der Waals surface area contributed by atoms with Crippen LogP contribution in [0.25, 0.3) is 0 Å². The number of fused-ring (bicyclic) bond motifs is 1. The van der Waals surface area contributed by atoms with Gasteiger partial charge in [-0.1, -0.05) is 12.1 Å². The molecule has 4 nitrogen and oxygen atoms in total. The molecule has 1 aliphatic rings. The zero-order chi connectivity index (χ0) is 11.8. The Bertz CT molecular complexity index is 540. The molecule has 0 saturated heterocycles. The van der Waals surface area contributed by atoms with Crippen LogP contribution < -0.4 is 10.5 Å². The Balaban J connectivity index is 1.91. The highest BCUT2D eigenvalue weighted by atomic mass is 16.5. The summed E-state index contributed by atoms with van der Waals surface area (Å²) in [4.78, 5) is 0. The van der Waals surface area contributed by atoms with Crippen LogP contribution in [0.3, 0.4) is 0 Å². The Hall–Kier alpha value is -1.97. The predicted molar refractivity (Wildman–Crippen MR) is 66.1 cm³/mol. The van der Waals surface area contributed by atoms with Gasteiger partial charge in [-0.2, -0.15) is 5.10 Å². The topological polar surface area (TPSA) is 53.1 Å². The van der Waals surface area contributed by atoms with Crippen LogP contribution in [0.2, 0.25) is 0 Å². The summed E-state index contributed by atoms with van der Waals surface area (Å²) >= 11 is 0. The summed E-state index contributed by atoms with van der Waals surface area (Å²) in [5.74, 6) is 1.02. The molecule has 0 fully saturated rings. The van der Waals surface area contributed by atoms with Crippen molar-refractivity contribution in [2.24, 2.45) is 7.05 Å². The number of hydrogen-bond donors (Lipinski definition) is 1. The van der Waals surface area contributed by atoms with Gasteiger partial charge < -0.3 is 10.5 Å². The van der Waals surface area contributed by atoms with E-state index in [1.165, 1.54) is 11.1 Å². The molecule has 88 valence electrons. The smallest absolute Gasteiger partial charge is 0.122 e. The van der Waals surface area contributed by atoms with Gasteiger partial charge in [-0.25, -0.2) is 0 Å². The Kier molecular flexibility index (Phi) is 2.28. The first-order chi connectivity index (χ1) is 8.24. The highest BCUT2D eigenvalue weighted by Gasteiger charge is 2.13. The average molecular weight is 229 g/mol. The number of nitrogen functional groups attached to an aromatic ring is 1. The molecule has 2 heterocycles. The monoisotopic (exact) mass is 229 g/mol. The number of anilines is 1. The number of benzene rings is 1. The molecule has 0 aliphatic carbocycles. The standard InChI is InChI=1S/C13H15N3O/c1-16-12(11(14)8-15-16)7-9-2-3-13-10(6-9)4-5-17-13/h2-3,6,8H,4-5,7,14H2,1H3. The third-order valence-corrected chi connectivity index (χ3v) is 3.22. The van der Waals surface area contributed by atoms with E-state index in [-0.39, 0.29) is 0 Å². The van der Waals surface area contributed by atoms with E-state index in [4.69, 9.17) is 10.5 Å². The zero-order valence-electron chi connectivity index (χ0n) is 9.81. The Morgan fingerprint density at radius 1 is 1.47 bits per heavy atom. The van der Waals surface area contributed by atoms with E-state index in [0.29, 0.717) is 0 Å². The second kappa shape index (κ2) is 3.80. The van der Waals surface area contributed by atoms with Crippen LogP contribution in [-0.2, 0) is 19.9 Å². The van der Waals surface area contributed by atoms with Gasteiger partial charge in [0.15, 0.2) is 0 Å². The van der Waals surface area contributed by atoms with Crippen molar-refractivity contribution in [3.63, 3.8) is 0 Å². The second-order valence-corrected chi connectivity index (χ2v) is 4.39. The maximum Gasteiger partial charge on any atom is 0.122 e. The molecule has 2 N–H and O–H groups in total. The fraction of sp³-hybridized carbons (Fsp3) is 0.308. The van der Waals surface area contributed by atoms with E-state index in [2.05, 4.69) is 17.2 Å². The molecule has 1 aromatic carbocycles. The second-order valence-electron chi connectivity index (χ2n) is 4.39. The fourth-order valence-corrected chi connectivity index (χ4v) is 2.24. The maximum atomic E-state index is 5.89. The van der Waals surface area contributed by atoms with E-state index in [0.717, 1.165) is 36.6 Å². The molecule has 0 saturated carbocycles. The molecular weight excluding hydrogens is 214 g/mol. The molecule has 2 aromatic rings. The van der Waals surface area contributed by atoms with E-state index >= 15 is 0 Å². The van der Waals surface area contributed by atoms with Crippen molar-refractivity contribution in [1.82, 2.24) is 9.78 Å². The van der Waals surface area contributed by atoms with Gasteiger partial charge >= 0.3 is 0 Å². The van der Waals surface area contributed by atoms with Crippen LogP contribution in [0, 0.1) is 0 Å². The number of aryl methyl sites for hydroxylation is 1. The van der Waals surface area contributed by atoms with Crippen molar-refractivity contribution >= 4 is 5.69 Å². The van der Waals surface area contributed by atoms with Crippen LogP contribution in [0.15, 0.2) is 24.4 Å². The highest BCUT2D eigenvalue weighted by molar-refractivity contribution is 5.46. The van der Waals surface area contributed by atoms with Crippen LogP contribution in [0.4, 0.5) is 5.69 Å². The maximum absolute atomic E-state index is 5.89. The van der Waals surface area contributed by atoms with Gasteiger partial charge in [0.05, 0.1) is 24.2 Å². The largest absolute Gasteiger partial charge is 0.493 e. The number of nitrogens with zero attached hydrogens (tertiary/aromatic N) is 2. The molecular formula is C13H15N3O. The van der Waals surface area contributed by atoms with Gasteiger partial charge in [0, 0.05) is 19.9 Å². The van der Waals surface area contributed by atoms with Crippen molar-refractivity contribution in [2.45, 2.75) is 12.8 Å². The average Bonchev–Trinajstić information content (AvgIpc) is 2.90. The SMILES string of the molecule is Cn1ncc(N)c1Cc1ccc2c(c1)CCO2. The van der Waals surface area contributed by atoms with Crippen LogP contribution in [-0.4, -0.2) is 16.4 Å². The van der Waals surface area contributed by atoms with Gasteiger partial charge in [-0.15, -0.1) is 0 Å². The fourth-order valence-electron chi connectivity index (χ4n) is 2.24. The first-order valence-corrected chi connectivity index (χ1v) is 5.75. The highest BCUT2D eigenvalue weighted by Crippen LogP contribution is 2.27. The molecule has 0 amide bonds. The van der Waals surface area contributed by atoms with E-state index < -0.39 is 0 Å². The van der Waals surface area contributed by atoms with Crippen molar-refractivity contribution < 1.29 is 4.74 Å². The molecule has 0 bridgehead atoms. The van der Waals surface area contributed by atoms with E-state index in [9.17, 15) is 0 Å². The van der Waals surface area contributed by atoms with E-state index in [1.807, 2.05) is 17.8 Å². The summed E-state index contributed by atoms with van der Waals surface area (Å²) in [5.41, 5.74) is 10.3. The number of aromatic nitrogens is 2. The first-order valence-electron chi connectivity index (χ1n) is 5.75. The van der Waals surface area contributed by atoms with Gasteiger partial charge in [0.1, 0.15) is 5.75 Å². The molecule has 0 radical (unpaired) electrons. The first kappa shape index (κ1) is 10.2. The molecule has 0 unspecified atom stereocenters. The Morgan fingerprint density at radius 3 is 3.12 bits per heavy atom. The van der Waals surface area contributed by atoms with Gasteiger partial charge in [0.2, 0.25) is 0 Å². The summed E-state index contributed by atoms with van der Waals surface area (Å²) < 4.78 is 7.33. The summed E-state index contributed by atoms with van der Waals surface area (Å²) in [7, 11) is 1.92. The third kappa shape index (κ3) is 1.75. The van der Waals surface area contributed by atoms with Gasteiger partial charge in [-0.05, 0) is 17.2 Å². The summed E-state index contributed by atoms with van der Waals surface area (Å²) in [6, 6.07) is 6.34. The predicted octanol–water partition coefficient (Wildman–Crippen LogP) is 1.53. The quantitative estimate of drug-likeness (QED) is 0.849. The lowest BCUT2D eigenvalue weighted by molar-refractivity contribution is 0.357. The molecule has 1 aromatic heterocycles. The number of nitrogens with two attached hydrogens (primary N) is 1. The Morgan fingerprint density at radius 2 is 2.35 bits per heavy atom. The zero-order valence-corrected chi connectivity index (χ0v) is 9.81. The van der Waals surface area contributed by atoms with Crippen LogP contribution in [0.1, 0.15) is 16.8 Å². The summed E-state index contributed by atoms with van der Waals surface area (Å²) in [6.07, 6.45) is 3.52. The van der Waals surface area contributed by atoms with Crippen LogP contribution in [0.5, 0.6) is 5.75 Å². The molecule has 1 aliphatic heterocycles.